The van der Waals surface area contributed by atoms with E-state index in [1.807, 2.05) is 51.2 Å². The van der Waals surface area contributed by atoms with Gasteiger partial charge in [0.2, 0.25) is 0 Å². The summed E-state index contributed by atoms with van der Waals surface area (Å²) in [5, 5.41) is 1.25. The van der Waals surface area contributed by atoms with Crippen LogP contribution in [0.25, 0.3) is 0 Å². The first-order valence-corrected chi connectivity index (χ1v) is 7.53. The van der Waals surface area contributed by atoms with Crippen LogP contribution < -0.4 is 0 Å². The van der Waals surface area contributed by atoms with Gasteiger partial charge in [-0.05, 0) is 32.9 Å². The molecule has 0 atom stereocenters. The molecule has 0 N–H and O–H groups in total. The highest BCUT2D eigenvalue weighted by Crippen LogP contribution is 2.27. The number of rotatable bonds is 6. The molecule has 3 nitrogen and oxygen atoms in total. The Hall–Kier alpha value is -1.39. The molecule has 1 aromatic heterocycles. The highest BCUT2D eigenvalue weighted by molar-refractivity contribution is 8.03. The van der Waals surface area contributed by atoms with E-state index in [1.165, 1.54) is 0 Å². The Morgan fingerprint density at radius 3 is 2.90 bits per heavy atom. The van der Waals surface area contributed by atoms with Crippen molar-refractivity contribution in [3.63, 3.8) is 0 Å². The minimum Gasteiger partial charge on any atom is -0.293 e. The van der Waals surface area contributed by atoms with E-state index in [9.17, 15) is 0 Å². The highest BCUT2D eigenvalue weighted by Gasteiger charge is 2.05. The number of halogens is 1. The zero-order valence-corrected chi connectivity index (χ0v) is 13.4. The SMILES string of the molecule is C\C=C/C=C\C(=C/C=NCC)Sc1ncc(Cl)nc1C. The molecule has 0 radical (unpaired) electrons. The number of aromatic nitrogens is 2. The van der Waals surface area contributed by atoms with Crippen LogP contribution in [0.5, 0.6) is 0 Å². The van der Waals surface area contributed by atoms with Gasteiger partial charge in [0.15, 0.2) is 0 Å². The van der Waals surface area contributed by atoms with Gasteiger partial charge in [0.25, 0.3) is 0 Å². The molecule has 1 aromatic rings. The number of allylic oxidation sites excluding steroid dienone is 5. The Bertz CT molecular complexity index is 548. The number of nitrogens with zero attached hydrogens (tertiary/aromatic N) is 3. The average Bonchev–Trinajstić information content (AvgIpc) is 2.42. The van der Waals surface area contributed by atoms with Crippen LogP contribution in [0.2, 0.25) is 5.15 Å². The van der Waals surface area contributed by atoms with Gasteiger partial charge in [0.05, 0.1) is 11.9 Å². The van der Waals surface area contributed by atoms with Gasteiger partial charge in [0, 0.05) is 17.7 Å². The van der Waals surface area contributed by atoms with Crippen LogP contribution in [0, 0.1) is 6.92 Å². The van der Waals surface area contributed by atoms with Gasteiger partial charge in [-0.25, -0.2) is 9.97 Å². The van der Waals surface area contributed by atoms with Crippen molar-refractivity contribution in [2.24, 2.45) is 4.99 Å². The maximum atomic E-state index is 5.82. The molecule has 106 valence electrons. The molecule has 0 amide bonds. The van der Waals surface area contributed by atoms with Crippen molar-refractivity contribution in [1.29, 1.82) is 0 Å². The molecule has 0 aliphatic rings. The number of thioether (sulfide) groups is 1. The summed E-state index contributed by atoms with van der Waals surface area (Å²) in [5.74, 6) is 0. The summed E-state index contributed by atoms with van der Waals surface area (Å²) in [6.07, 6.45) is 13.3. The third kappa shape index (κ3) is 6.17. The Morgan fingerprint density at radius 2 is 2.25 bits per heavy atom. The minimum absolute atomic E-state index is 0.411. The number of hydrogen-bond donors (Lipinski definition) is 0. The normalized spacial score (nSPS) is 13.1. The predicted molar refractivity (Wildman–Crippen MR) is 88.7 cm³/mol. The molecule has 1 heterocycles. The van der Waals surface area contributed by atoms with Gasteiger partial charge < -0.3 is 0 Å². The Labute approximate surface area is 129 Å². The number of aliphatic imine (C=N–C) groups is 1. The van der Waals surface area contributed by atoms with Gasteiger partial charge in [-0.2, -0.15) is 0 Å². The summed E-state index contributed by atoms with van der Waals surface area (Å²) in [5.41, 5.74) is 0.820. The molecule has 0 aliphatic carbocycles. The topological polar surface area (TPSA) is 38.1 Å². The molecule has 20 heavy (non-hydrogen) atoms. The van der Waals surface area contributed by atoms with E-state index in [1.54, 1.807) is 24.2 Å². The second-order valence-corrected chi connectivity index (χ2v) is 5.24. The van der Waals surface area contributed by atoms with Crippen LogP contribution in [0.3, 0.4) is 0 Å². The van der Waals surface area contributed by atoms with E-state index < -0.39 is 0 Å². The average molecular weight is 308 g/mol. The molecule has 0 spiro atoms. The predicted octanol–water partition coefficient (Wildman–Crippen LogP) is 4.64. The van der Waals surface area contributed by atoms with Crippen LogP contribution in [-0.2, 0) is 0 Å². The third-order valence-corrected chi connectivity index (χ3v) is 3.46. The Kier molecular flexibility index (Phi) is 7.92. The second kappa shape index (κ2) is 9.50. The Balaban J connectivity index is 2.93. The quantitative estimate of drug-likeness (QED) is 0.436. The highest BCUT2D eigenvalue weighted by atomic mass is 35.5. The summed E-state index contributed by atoms with van der Waals surface area (Å²) in [6, 6.07) is 0. The van der Waals surface area contributed by atoms with Crippen LogP contribution >= 0.6 is 23.4 Å². The van der Waals surface area contributed by atoms with E-state index in [-0.39, 0.29) is 0 Å². The van der Waals surface area contributed by atoms with Crippen molar-refractivity contribution >= 4 is 29.6 Å². The summed E-state index contributed by atoms with van der Waals surface area (Å²) >= 11 is 7.36. The van der Waals surface area contributed by atoms with Gasteiger partial charge in [-0.1, -0.05) is 41.6 Å². The van der Waals surface area contributed by atoms with E-state index >= 15 is 0 Å². The van der Waals surface area contributed by atoms with Crippen LogP contribution in [0.1, 0.15) is 19.5 Å². The van der Waals surface area contributed by atoms with E-state index in [2.05, 4.69) is 15.0 Å². The molecular weight excluding hydrogens is 290 g/mol. The Morgan fingerprint density at radius 1 is 1.45 bits per heavy atom. The van der Waals surface area contributed by atoms with Gasteiger partial charge >= 0.3 is 0 Å². The largest absolute Gasteiger partial charge is 0.293 e. The number of hydrogen-bond acceptors (Lipinski definition) is 4. The lowest BCUT2D eigenvalue weighted by molar-refractivity contribution is 0.989. The fourth-order valence-electron chi connectivity index (χ4n) is 1.27. The van der Waals surface area contributed by atoms with Gasteiger partial charge in [-0.3, -0.25) is 4.99 Å². The molecule has 5 heteroatoms. The molecule has 0 unspecified atom stereocenters. The van der Waals surface area contributed by atoms with Crippen molar-refractivity contribution in [3.8, 4) is 0 Å². The summed E-state index contributed by atoms with van der Waals surface area (Å²) in [6.45, 7) is 6.65. The fourth-order valence-corrected chi connectivity index (χ4v) is 2.24. The van der Waals surface area contributed by atoms with E-state index in [4.69, 9.17) is 11.6 Å². The van der Waals surface area contributed by atoms with Crippen LogP contribution in [0.4, 0.5) is 0 Å². The standard InChI is InChI=1S/C15H18ClN3S/c1-4-6-7-8-13(9-10-17-5-2)20-15-12(3)19-14(16)11-18-15/h4,6-11H,5H2,1-3H3/b6-4-,8-7-,13-9+,17-10?. The van der Waals surface area contributed by atoms with Crippen LogP contribution in [-0.4, -0.2) is 22.7 Å². The fraction of sp³-hybridized carbons (Fsp3) is 0.267. The van der Waals surface area contributed by atoms with E-state index in [0.717, 1.165) is 22.2 Å². The molecule has 0 bridgehead atoms. The maximum absolute atomic E-state index is 5.82. The minimum atomic E-state index is 0.411. The molecule has 1 rings (SSSR count). The first-order chi connectivity index (χ1) is 9.67. The van der Waals surface area contributed by atoms with E-state index in [0.29, 0.717) is 5.15 Å². The molecule has 0 aliphatic heterocycles. The zero-order chi connectivity index (χ0) is 14.8. The lowest BCUT2D eigenvalue weighted by atomic mass is 10.4. The van der Waals surface area contributed by atoms with Gasteiger partial charge in [-0.15, -0.1) is 0 Å². The van der Waals surface area contributed by atoms with Crippen molar-refractivity contribution in [3.05, 3.63) is 52.3 Å². The second-order valence-electron chi connectivity index (χ2n) is 3.79. The number of aryl methyl sites for hydroxylation is 1. The summed E-state index contributed by atoms with van der Waals surface area (Å²) in [4.78, 5) is 13.7. The molecule has 0 fully saturated rings. The first-order valence-electron chi connectivity index (χ1n) is 6.33. The van der Waals surface area contributed by atoms with Crippen molar-refractivity contribution in [1.82, 2.24) is 9.97 Å². The molecule has 0 saturated heterocycles. The zero-order valence-electron chi connectivity index (χ0n) is 11.9. The monoisotopic (exact) mass is 307 g/mol. The molecule has 0 aromatic carbocycles. The lowest BCUT2D eigenvalue weighted by Gasteiger charge is -2.04. The molecular formula is C15H18ClN3S. The van der Waals surface area contributed by atoms with Crippen molar-refractivity contribution in [2.45, 2.75) is 25.8 Å². The van der Waals surface area contributed by atoms with Crippen molar-refractivity contribution < 1.29 is 0 Å². The first kappa shape index (κ1) is 16.7. The summed E-state index contributed by atoms with van der Waals surface area (Å²) in [7, 11) is 0. The summed E-state index contributed by atoms with van der Waals surface area (Å²) < 4.78 is 0. The molecule has 0 saturated carbocycles. The van der Waals surface area contributed by atoms with Crippen LogP contribution in [0.15, 0.2) is 51.5 Å². The van der Waals surface area contributed by atoms with Gasteiger partial charge in [0.1, 0.15) is 10.2 Å². The van der Waals surface area contributed by atoms with Crippen molar-refractivity contribution in [2.75, 3.05) is 6.54 Å². The lowest BCUT2D eigenvalue weighted by Crippen LogP contribution is -1.90. The smallest absolute Gasteiger partial charge is 0.147 e. The third-order valence-electron chi connectivity index (χ3n) is 2.18. The maximum Gasteiger partial charge on any atom is 0.147 e.